The Labute approximate surface area is 111 Å². The van der Waals surface area contributed by atoms with E-state index in [1.807, 2.05) is 49.0 Å². The summed E-state index contributed by atoms with van der Waals surface area (Å²) >= 11 is 0. The van der Waals surface area contributed by atoms with Crippen molar-refractivity contribution in [2.75, 3.05) is 0 Å². The second kappa shape index (κ2) is 4.55. The maximum atomic E-state index is 6.23. The Kier molecular flexibility index (Phi) is 2.87. The molecule has 0 amide bonds. The van der Waals surface area contributed by atoms with Crippen LogP contribution in [0.1, 0.15) is 23.2 Å². The molecule has 1 unspecified atom stereocenters. The van der Waals surface area contributed by atoms with Crippen molar-refractivity contribution in [2.24, 2.45) is 12.8 Å². The minimum absolute atomic E-state index is 0.151. The lowest BCUT2D eigenvalue weighted by molar-refractivity contribution is 0.486. The molecule has 0 aliphatic heterocycles. The quantitative estimate of drug-likeness (QED) is 0.783. The van der Waals surface area contributed by atoms with Crippen molar-refractivity contribution in [3.8, 4) is 0 Å². The molecule has 0 spiro atoms. The molecule has 0 saturated heterocycles. The van der Waals surface area contributed by atoms with Crippen LogP contribution in [0.3, 0.4) is 0 Å². The van der Waals surface area contributed by atoms with Crippen LogP contribution in [0.15, 0.2) is 40.8 Å². The zero-order valence-corrected chi connectivity index (χ0v) is 11.1. The molecule has 0 aliphatic rings. The Hall–Kier alpha value is -2.07. The van der Waals surface area contributed by atoms with Gasteiger partial charge in [-0.05, 0) is 25.1 Å². The van der Waals surface area contributed by atoms with Gasteiger partial charge in [-0.1, -0.05) is 18.2 Å². The fraction of sp³-hybridized carbons (Fsp3) is 0.267. The largest absolute Gasteiger partial charge is 0.459 e. The highest BCUT2D eigenvalue weighted by Gasteiger charge is 2.14. The lowest BCUT2D eigenvalue weighted by atomic mass is 10.1. The number of fused-ring (bicyclic) bond motifs is 1. The number of nitrogens with zero attached hydrogens (tertiary/aromatic N) is 2. The van der Waals surface area contributed by atoms with Crippen LogP contribution in [-0.4, -0.2) is 9.78 Å². The molecule has 19 heavy (non-hydrogen) atoms. The molecule has 0 aliphatic carbocycles. The summed E-state index contributed by atoms with van der Waals surface area (Å²) in [6.07, 6.45) is 0.719. The predicted molar refractivity (Wildman–Crippen MR) is 74.8 cm³/mol. The fourth-order valence-corrected chi connectivity index (χ4v) is 2.37. The van der Waals surface area contributed by atoms with Crippen molar-refractivity contribution in [1.29, 1.82) is 0 Å². The van der Waals surface area contributed by atoms with Crippen LogP contribution >= 0.6 is 0 Å². The molecule has 0 saturated carbocycles. The third-order valence-electron chi connectivity index (χ3n) is 3.34. The summed E-state index contributed by atoms with van der Waals surface area (Å²) in [5.74, 6) is 0.819. The van der Waals surface area contributed by atoms with E-state index in [9.17, 15) is 0 Å². The van der Waals surface area contributed by atoms with E-state index in [-0.39, 0.29) is 6.04 Å². The first-order valence-electron chi connectivity index (χ1n) is 6.37. The number of furan rings is 1. The topological polar surface area (TPSA) is 57.0 Å². The average Bonchev–Trinajstić information content (AvgIpc) is 2.93. The molecule has 4 heteroatoms. The van der Waals surface area contributed by atoms with Crippen LogP contribution in [0.2, 0.25) is 0 Å². The molecule has 0 bridgehead atoms. The van der Waals surface area contributed by atoms with Crippen molar-refractivity contribution < 1.29 is 4.42 Å². The van der Waals surface area contributed by atoms with Crippen molar-refractivity contribution in [1.82, 2.24) is 9.78 Å². The van der Waals surface area contributed by atoms with Crippen LogP contribution in [-0.2, 0) is 13.5 Å². The molecule has 98 valence electrons. The summed E-state index contributed by atoms with van der Waals surface area (Å²) in [6.45, 7) is 1.98. The zero-order chi connectivity index (χ0) is 13.4. The van der Waals surface area contributed by atoms with E-state index < -0.39 is 0 Å². The van der Waals surface area contributed by atoms with Gasteiger partial charge in [0.2, 0.25) is 0 Å². The molecular weight excluding hydrogens is 238 g/mol. The van der Waals surface area contributed by atoms with Gasteiger partial charge in [0.05, 0.1) is 11.7 Å². The van der Waals surface area contributed by atoms with Gasteiger partial charge in [0, 0.05) is 24.5 Å². The first-order chi connectivity index (χ1) is 9.13. The number of nitrogens with two attached hydrogens (primary N) is 1. The second-order valence-electron chi connectivity index (χ2n) is 4.90. The van der Waals surface area contributed by atoms with E-state index in [1.165, 1.54) is 0 Å². The molecule has 1 aromatic carbocycles. The van der Waals surface area contributed by atoms with Crippen molar-refractivity contribution >= 4 is 11.0 Å². The Morgan fingerprint density at radius 3 is 2.79 bits per heavy atom. The first kappa shape index (κ1) is 12.0. The van der Waals surface area contributed by atoms with Crippen molar-refractivity contribution in [3.05, 3.63) is 53.5 Å². The SMILES string of the molecule is Cc1cc(CC(N)c2cc3ccccc3o2)n(C)n1. The van der Waals surface area contributed by atoms with Gasteiger partial charge in [-0.25, -0.2) is 0 Å². The van der Waals surface area contributed by atoms with Gasteiger partial charge in [-0.2, -0.15) is 5.10 Å². The molecule has 0 radical (unpaired) electrons. The predicted octanol–water partition coefficient (Wildman–Crippen LogP) is 2.72. The molecule has 3 rings (SSSR count). The minimum Gasteiger partial charge on any atom is -0.459 e. The lowest BCUT2D eigenvalue weighted by Crippen LogP contribution is -2.14. The van der Waals surface area contributed by atoms with Gasteiger partial charge in [0.15, 0.2) is 0 Å². The third-order valence-corrected chi connectivity index (χ3v) is 3.34. The number of hydrogen-bond donors (Lipinski definition) is 1. The standard InChI is InChI=1S/C15H17N3O/c1-10-7-12(18(2)17-10)9-13(16)15-8-11-5-3-4-6-14(11)19-15/h3-8,13H,9,16H2,1-2H3. The Morgan fingerprint density at radius 1 is 1.32 bits per heavy atom. The van der Waals surface area contributed by atoms with E-state index in [0.29, 0.717) is 0 Å². The van der Waals surface area contributed by atoms with Crippen LogP contribution in [0.4, 0.5) is 0 Å². The number of aromatic nitrogens is 2. The summed E-state index contributed by atoms with van der Waals surface area (Å²) < 4.78 is 7.67. The fourth-order valence-electron chi connectivity index (χ4n) is 2.37. The van der Waals surface area contributed by atoms with Gasteiger partial charge < -0.3 is 10.2 Å². The maximum Gasteiger partial charge on any atom is 0.134 e. The minimum atomic E-state index is -0.151. The summed E-state index contributed by atoms with van der Waals surface area (Å²) in [4.78, 5) is 0. The molecule has 0 fully saturated rings. The summed E-state index contributed by atoms with van der Waals surface area (Å²) in [5, 5.41) is 5.42. The van der Waals surface area contributed by atoms with E-state index >= 15 is 0 Å². The molecule has 3 aromatic rings. The molecule has 4 nitrogen and oxygen atoms in total. The van der Waals surface area contributed by atoms with Crippen molar-refractivity contribution in [2.45, 2.75) is 19.4 Å². The zero-order valence-electron chi connectivity index (χ0n) is 11.1. The Balaban J connectivity index is 1.87. The van der Waals surface area contributed by atoms with Gasteiger partial charge in [-0.15, -0.1) is 0 Å². The maximum absolute atomic E-state index is 6.23. The van der Waals surface area contributed by atoms with Crippen LogP contribution < -0.4 is 5.73 Å². The highest BCUT2D eigenvalue weighted by molar-refractivity contribution is 5.77. The van der Waals surface area contributed by atoms with Gasteiger partial charge in [-0.3, -0.25) is 4.68 Å². The number of rotatable bonds is 3. The first-order valence-corrected chi connectivity index (χ1v) is 6.37. The molecular formula is C15H17N3O. The number of para-hydroxylation sites is 1. The Bertz CT molecular complexity index is 678. The van der Waals surface area contributed by atoms with Gasteiger partial charge >= 0.3 is 0 Å². The van der Waals surface area contributed by atoms with E-state index in [0.717, 1.165) is 34.5 Å². The van der Waals surface area contributed by atoms with E-state index in [4.69, 9.17) is 10.2 Å². The summed E-state index contributed by atoms with van der Waals surface area (Å²) in [6, 6.07) is 11.9. The van der Waals surface area contributed by atoms with Gasteiger partial charge in [0.1, 0.15) is 11.3 Å². The molecule has 2 aromatic heterocycles. The van der Waals surface area contributed by atoms with Crippen LogP contribution in [0.25, 0.3) is 11.0 Å². The summed E-state index contributed by atoms with van der Waals surface area (Å²) in [5.41, 5.74) is 9.24. The van der Waals surface area contributed by atoms with Crippen LogP contribution in [0, 0.1) is 6.92 Å². The molecule has 1 atom stereocenters. The molecule has 2 N–H and O–H groups in total. The smallest absolute Gasteiger partial charge is 0.134 e. The number of hydrogen-bond acceptors (Lipinski definition) is 3. The number of benzene rings is 1. The Morgan fingerprint density at radius 2 is 2.11 bits per heavy atom. The number of aryl methyl sites for hydroxylation is 2. The lowest BCUT2D eigenvalue weighted by Gasteiger charge is -2.08. The second-order valence-corrected chi connectivity index (χ2v) is 4.90. The normalized spacial score (nSPS) is 13.0. The van der Waals surface area contributed by atoms with E-state index in [1.54, 1.807) is 0 Å². The highest BCUT2D eigenvalue weighted by atomic mass is 16.3. The van der Waals surface area contributed by atoms with Crippen molar-refractivity contribution in [3.63, 3.8) is 0 Å². The van der Waals surface area contributed by atoms with Crippen LogP contribution in [0.5, 0.6) is 0 Å². The molecule has 2 heterocycles. The van der Waals surface area contributed by atoms with E-state index in [2.05, 4.69) is 11.2 Å². The monoisotopic (exact) mass is 255 g/mol. The average molecular weight is 255 g/mol. The highest BCUT2D eigenvalue weighted by Crippen LogP contribution is 2.24. The van der Waals surface area contributed by atoms with Gasteiger partial charge in [0.25, 0.3) is 0 Å². The third kappa shape index (κ3) is 2.27. The summed E-state index contributed by atoms with van der Waals surface area (Å²) in [7, 11) is 1.94.